The lowest BCUT2D eigenvalue weighted by atomic mass is 10.1. The maximum atomic E-state index is 12.3. The van der Waals surface area contributed by atoms with Gasteiger partial charge in [-0.25, -0.2) is 4.79 Å². The summed E-state index contributed by atoms with van der Waals surface area (Å²) in [6.07, 6.45) is 2.07. The first-order valence-corrected chi connectivity index (χ1v) is 10.1. The van der Waals surface area contributed by atoms with Gasteiger partial charge in [0.05, 0.1) is 20.3 Å². The van der Waals surface area contributed by atoms with Crippen LogP contribution in [0.3, 0.4) is 0 Å². The lowest BCUT2D eigenvalue weighted by molar-refractivity contribution is 0.251. The largest absolute Gasteiger partial charge is 0.494 e. The topological polar surface area (TPSA) is 68.8 Å². The summed E-state index contributed by atoms with van der Waals surface area (Å²) >= 11 is 0. The molecule has 2 aromatic carbocycles. The Morgan fingerprint density at radius 1 is 1.03 bits per heavy atom. The molecule has 0 radical (unpaired) electrons. The number of rotatable bonds is 11. The first-order valence-electron chi connectivity index (χ1n) is 10.1. The molecule has 2 rings (SSSR count). The highest BCUT2D eigenvalue weighted by Crippen LogP contribution is 2.30. The van der Waals surface area contributed by atoms with E-state index in [2.05, 4.69) is 24.5 Å². The number of benzene rings is 2. The van der Waals surface area contributed by atoms with E-state index in [1.54, 1.807) is 25.3 Å². The number of hydrogen-bond donors (Lipinski definition) is 2. The number of anilines is 1. The lowest BCUT2D eigenvalue weighted by Crippen LogP contribution is -2.28. The molecule has 0 saturated carbocycles. The number of urea groups is 1. The summed E-state index contributed by atoms with van der Waals surface area (Å²) in [5.41, 5.74) is 1.56. The fourth-order valence-electron chi connectivity index (χ4n) is 2.84. The van der Waals surface area contributed by atoms with Gasteiger partial charge in [-0.1, -0.05) is 32.0 Å². The van der Waals surface area contributed by atoms with Crippen molar-refractivity contribution in [1.29, 1.82) is 0 Å². The second-order valence-electron chi connectivity index (χ2n) is 7.10. The van der Waals surface area contributed by atoms with Crippen LogP contribution in [0.25, 0.3) is 0 Å². The van der Waals surface area contributed by atoms with Crippen molar-refractivity contribution in [3.8, 4) is 17.2 Å². The Hall–Kier alpha value is -2.89. The molecule has 6 nitrogen and oxygen atoms in total. The van der Waals surface area contributed by atoms with Crippen molar-refractivity contribution in [1.82, 2.24) is 5.32 Å². The Labute approximate surface area is 173 Å². The third-order valence-corrected chi connectivity index (χ3v) is 4.32. The molecule has 0 aromatic heterocycles. The van der Waals surface area contributed by atoms with E-state index in [-0.39, 0.29) is 6.03 Å². The lowest BCUT2D eigenvalue weighted by Gasteiger charge is -2.14. The second kappa shape index (κ2) is 11.8. The third kappa shape index (κ3) is 7.56. The van der Waals surface area contributed by atoms with E-state index in [0.29, 0.717) is 42.9 Å². The van der Waals surface area contributed by atoms with Gasteiger partial charge in [0.2, 0.25) is 0 Å². The molecule has 0 aliphatic heterocycles. The molecular formula is C23H32N2O4. The van der Waals surface area contributed by atoms with Crippen molar-refractivity contribution >= 4 is 11.7 Å². The van der Waals surface area contributed by atoms with Crippen LogP contribution in [0.4, 0.5) is 10.5 Å². The normalized spacial score (nSPS) is 10.5. The maximum absolute atomic E-state index is 12.3. The highest BCUT2D eigenvalue weighted by atomic mass is 16.5. The van der Waals surface area contributed by atoms with Gasteiger partial charge in [-0.15, -0.1) is 0 Å². The van der Waals surface area contributed by atoms with E-state index in [0.717, 1.165) is 24.2 Å². The van der Waals surface area contributed by atoms with Gasteiger partial charge in [-0.2, -0.15) is 0 Å². The Morgan fingerprint density at radius 3 is 2.55 bits per heavy atom. The number of carbonyl (C=O) groups is 1. The summed E-state index contributed by atoms with van der Waals surface area (Å²) in [7, 11) is 1.60. The predicted molar refractivity (Wildman–Crippen MR) is 116 cm³/mol. The van der Waals surface area contributed by atoms with Crippen LogP contribution in [0.15, 0.2) is 42.5 Å². The zero-order chi connectivity index (χ0) is 21.1. The van der Waals surface area contributed by atoms with Gasteiger partial charge in [0.15, 0.2) is 11.5 Å². The molecule has 2 aromatic rings. The van der Waals surface area contributed by atoms with Crippen LogP contribution in [-0.4, -0.2) is 26.4 Å². The fourth-order valence-corrected chi connectivity index (χ4v) is 2.84. The summed E-state index contributed by atoms with van der Waals surface area (Å²) in [4.78, 5) is 12.3. The van der Waals surface area contributed by atoms with Gasteiger partial charge in [-0.05, 0) is 43.9 Å². The van der Waals surface area contributed by atoms with Gasteiger partial charge in [0.1, 0.15) is 5.75 Å². The highest BCUT2D eigenvalue weighted by Gasteiger charge is 2.10. The number of nitrogens with one attached hydrogen (secondary N) is 2. The van der Waals surface area contributed by atoms with E-state index < -0.39 is 0 Å². The minimum Gasteiger partial charge on any atom is -0.494 e. The van der Waals surface area contributed by atoms with E-state index >= 15 is 0 Å². The Balaban J connectivity index is 1.93. The first-order chi connectivity index (χ1) is 14.0. The van der Waals surface area contributed by atoms with Gasteiger partial charge in [0.25, 0.3) is 0 Å². The van der Waals surface area contributed by atoms with Crippen molar-refractivity contribution in [2.45, 2.75) is 40.2 Å². The molecule has 158 valence electrons. The van der Waals surface area contributed by atoms with Gasteiger partial charge >= 0.3 is 6.03 Å². The molecule has 2 amide bonds. The zero-order valence-corrected chi connectivity index (χ0v) is 17.8. The van der Waals surface area contributed by atoms with Gasteiger partial charge in [0, 0.05) is 23.9 Å². The van der Waals surface area contributed by atoms with E-state index in [4.69, 9.17) is 14.2 Å². The molecule has 0 spiro atoms. The monoisotopic (exact) mass is 400 g/mol. The molecule has 0 aliphatic carbocycles. The quantitative estimate of drug-likeness (QED) is 0.507. The van der Waals surface area contributed by atoms with Crippen LogP contribution in [-0.2, 0) is 6.54 Å². The van der Waals surface area contributed by atoms with Crippen LogP contribution in [0.5, 0.6) is 17.2 Å². The van der Waals surface area contributed by atoms with E-state index in [1.165, 1.54) is 0 Å². The molecular weight excluding hydrogens is 368 g/mol. The van der Waals surface area contributed by atoms with E-state index in [9.17, 15) is 4.79 Å². The number of para-hydroxylation sites is 1. The smallest absolute Gasteiger partial charge is 0.319 e. The summed E-state index contributed by atoms with van der Waals surface area (Å²) in [6.45, 7) is 7.88. The van der Waals surface area contributed by atoms with Crippen LogP contribution in [0, 0.1) is 5.92 Å². The second-order valence-corrected chi connectivity index (χ2v) is 7.10. The Kier molecular flexibility index (Phi) is 9.15. The highest BCUT2D eigenvalue weighted by molar-refractivity contribution is 5.89. The molecule has 0 atom stereocenters. The van der Waals surface area contributed by atoms with Crippen LogP contribution in [0.2, 0.25) is 0 Å². The number of ether oxygens (including phenoxy) is 3. The van der Waals surface area contributed by atoms with Crippen LogP contribution >= 0.6 is 0 Å². The fraction of sp³-hybridized carbons (Fsp3) is 0.435. The van der Waals surface area contributed by atoms with Crippen LogP contribution < -0.4 is 24.8 Å². The standard InChI is InChI=1S/C23H32N2O4/c1-5-28-20-11-7-6-10-18(20)16-24-23(26)25-19-12-13-21(27-4)22(15-19)29-14-8-9-17(2)3/h6-7,10-13,15,17H,5,8-9,14,16H2,1-4H3,(H2,24,25,26). The minimum absolute atomic E-state index is 0.299. The Morgan fingerprint density at radius 2 is 1.83 bits per heavy atom. The SMILES string of the molecule is CCOc1ccccc1CNC(=O)Nc1ccc(OC)c(OCCCC(C)C)c1. The molecule has 6 heteroatoms. The molecule has 0 heterocycles. The summed E-state index contributed by atoms with van der Waals surface area (Å²) in [6, 6.07) is 12.7. The van der Waals surface area contributed by atoms with Crippen molar-refractivity contribution in [2.24, 2.45) is 5.92 Å². The molecule has 29 heavy (non-hydrogen) atoms. The van der Waals surface area contributed by atoms with E-state index in [1.807, 2.05) is 31.2 Å². The van der Waals surface area contributed by atoms with Crippen LogP contribution in [0.1, 0.15) is 39.2 Å². The average Bonchev–Trinajstić information content (AvgIpc) is 2.71. The molecule has 0 bridgehead atoms. The number of carbonyl (C=O) groups excluding carboxylic acids is 1. The summed E-state index contributed by atoms with van der Waals surface area (Å²) in [5.74, 6) is 2.68. The number of hydrogen-bond acceptors (Lipinski definition) is 4. The predicted octanol–water partition coefficient (Wildman–Crippen LogP) is 5.23. The average molecular weight is 401 g/mol. The summed E-state index contributed by atoms with van der Waals surface area (Å²) < 4.78 is 16.8. The van der Waals surface area contributed by atoms with Crippen molar-refractivity contribution < 1.29 is 19.0 Å². The third-order valence-electron chi connectivity index (χ3n) is 4.32. The number of amides is 2. The zero-order valence-electron chi connectivity index (χ0n) is 17.8. The molecule has 0 unspecified atom stereocenters. The number of methoxy groups -OCH3 is 1. The minimum atomic E-state index is -0.299. The maximum Gasteiger partial charge on any atom is 0.319 e. The first kappa shape index (κ1) is 22.4. The van der Waals surface area contributed by atoms with Crippen molar-refractivity contribution in [3.63, 3.8) is 0 Å². The van der Waals surface area contributed by atoms with Gasteiger partial charge in [-0.3, -0.25) is 0 Å². The summed E-state index contributed by atoms with van der Waals surface area (Å²) in [5, 5.41) is 5.69. The molecule has 0 fully saturated rings. The molecule has 2 N–H and O–H groups in total. The van der Waals surface area contributed by atoms with Crippen molar-refractivity contribution in [2.75, 3.05) is 25.6 Å². The molecule has 0 saturated heterocycles. The van der Waals surface area contributed by atoms with Gasteiger partial charge < -0.3 is 24.8 Å². The molecule has 0 aliphatic rings. The van der Waals surface area contributed by atoms with Crippen molar-refractivity contribution in [3.05, 3.63) is 48.0 Å². The Bertz CT molecular complexity index is 777.